The minimum Gasteiger partial charge on any atom is -0.336 e. The second-order valence-electron chi connectivity index (χ2n) is 7.66. The van der Waals surface area contributed by atoms with Crippen molar-refractivity contribution in [2.75, 3.05) is 0 Å². The molecular formula is C24H17FN6S. The number of H-pyrrole nitrogens is 2. The Hall–Kier alpha value is -3.91. The molecule has 0 radical (unpaired) electrons. The van der Waals surface area contributed by atoms with Gasteiger partial charge in [-0.15, -0.1) is 11.3 Å². The Morgan fingerprint density at radius 1 is 0.906 bits per heavy atom. The lowest BCUT2D eigenvalue weighted by atomic mass is 10.00. The number of nitrogens with zero attached hydrogens (tertiary/aromatic N) is 4. The Kier molecular flexibility index (Phi) is 4.16. The number of aromatic amines is 2. The van der Waals surface area contributed by atoms with Crippen molar-refractivity contribution in [3.63, 3.8) is 0 Å². The van der Waals surface area contributed by atoms with Gasteiger partial charge in [-0.2, -0.15) is 5.10 Å². The quantitative estimate of drug-likeness (QED) is 0.351. The Morgan fingerprint density at radius 2 is 1.81 bits per heavy atom. The molecule has 0 saturated carbocycles. The molecule has 0 aliphatic carbocycles. The number of benzene rings is 1. The summed E-state index contributed by atoms with van der Waals surface area (Å²) >= 11 is 1.66. The van der Waals surface area contributed by atoms with Crippen molar-refractivity contribution >= 4 is 33.3 Å². The zero-order valence-corrected chi connectivity index (χ0v) is 18.1. The molecule has 32 heavy (non-hydrogen) atoms. The number of nitrogens with one attached hydrogen (secondary N) is 2. The molecule has 0 spiro atoms. The summed E-state index contributed by atoms with van der Waals surface area (Å²) in [5.74, 6) is 0.141. The van der Waals surface area contributed by atoms with Gasteiger partial charge in [-0.05, 0) is 55.8 Å². The molecule has 0 atom stereocenters. The van der Waals surface area contributed by atoms with Crippen molar-refractivity contribution in [2.24, 2.45) is 0 Å². The molecule has 0 amide bonds. The van der Waals surface area contributed by atoms with Gasteiger partial charge in [-0.25, -0.2) is 9.37 Å². The van der Waals surface area contributed by atoms with E-state index in [0.717, 1.165) is 32.7 Å². The number of fused-ring (bicyclic) bond motifs is 2. The van der Waals surface area contributed by atoms with Gasteiger partial charge in [0.1, 0.15) is 22.7 Å². The van der Waals surface area contributed by atoms with Crippen LogP contribution in [0, 0.1) is 19.7 Å². The Bertz CT molecular complexity index is 1630. The molecule has 0 fully saturated rings. The molecule has 0 aliphatic rings. The van der Waals surface area contributed by atoms with E-state index in [1.54, 1.807) is 36.0 Å². The van der Waals surface area contributed by atoms with Gasteiger partial charge in [0.15, 0.2) is 5.82 Å². The number of pyridine rings is 2. The smallest absolute Gasteiger partial charge is 0.159 e. The van der Waals surface area contributed by atoms with Crippen LogP contribution >= 0.6 is 11.3 Å². The zero-order chi connectivity index (χ0) is 21.8. The maximum Gasteiger partial charge on any atom is 0.159 e. The van der Waals surface area contributed by atoms with Crippen molar-refractivity contribution in [2.45, 2.75) is 13.8 Å². The highest BCUT2D eigenvalue weighted by Crippen LogP contribution is 2.36. The van der Waals surface area contributed by atoms with E-state index in [1.807, 2.05) is 31.2 Å². The highest BCUT2D eigenvalue weighted by atomic mass is 32.1. The van der Waals surface area contributed by atoms with Gasteiger partial charge in [0.2, 0.25) is 0 Å². The number of hydrogen-bond acceptors (Lipinski definition) is 5. The van der Waals surface area contributed by atoms with Gasteiger partial charge in [0, 0.05) is 34.6 Å². The first-order chi connectivity index (χ1) is 15.6. The molecule has 0 saturated heterocycles. The number of rotatable bonds is 3. The van der Waals surface area contributed by atoms with Crippen LogP contribution < -0.4 is 0 Å². The second kappa shape index (κ2) is 7.06. The molecule has 1 aromatic carbocycles. The molecular weight excluding hydrogens is 423 g/mol. The minimum atomic E-state index is -0.352. The molecule has 2 N–H and O–H groups in total. The fourth-order valence-corrected chi connectivity index (χ4v) is 4.85. The number of hydrogen-bond donors (Lipinski definition) is 2. The predicted octanol–water partition coefficient (Wildman–Crippen LogP) is 6.05. The largest absolute Gasteiger partial charge is 0.336 e. The van der Waals surface area contributed by atoms with Crippen LogP contribution in [0.25, 0.3) is 55.2 Å². The van der Waals surface area contributed by atoms with E-state index >= 15 is 4.39 Å². The summed E-state index contributed by atoms with van der Waals surface area (Å²) in [7, 11) is 0. The highest BCUT2D eigenvalue weighted by molar-refractivity contribution is 7.15. The van der Waals surface area contributed by atoms with E-state index < -0.39 is 0 Å². The Labute approximate surface area is 186 Å². The standard InChI is InChI=1S/C24H17FN6S/c1-12-7-9-26-11-15(12)14-4-5-16-19(20(14)25)23(31-30-16)24-28-17-8-10-27-22(21(17)29-24)18-6-3-13(2)32-18/h3-11H,1-2H3,(H,28,29)(H,30,31). The third kappa shape index (κ3) is 2.84. The first-order valence-corrected chi connectivity index (χ1v) is 10.9. The van der Waals surface area contributed by atoms with Crippen LogP contribution in [0.15, 0.2) is 55.0 Å². The first-order valence-electron chi connectivity index (χ1n) is 10.1. The summed E-state index contributed by atoms with van der Waals surface area (Å²) in [5.41, 5.74) is 5.60. The average Bonchev–Trinajstić information content (AvgIpc) is 3.52. The summed E-state index contributed by atoms with van der Waals surface area (Å²) in [5, 5.41) is 7.72. The van der Waals surface area contributed by atoms with E-state index in [1.165, 1.54) is 4.88 Å². The Balaban J connectivity index is 1.56. The van der Waals surface area contributed by atoms with Crippen molar-refractivity contribution in [1.82, 2.24) is 30.1 Å². The summed E-state index contributed by atoms with van der Waals surface area (Å²) < 4.78 is 15.8. The van der Waals surface area contributed by atoms with Crippen LogP contribution in [0.2, 0.25) is 0 Å². The van der Waals surface area contributed by atoms with Gasteiger partial charge in [-0.1, -0.05) is 0 Å². The van der Waals surface area contributed by atoms with Crippen LogP contribution in [-0.2, 0) is 0 Å². The van der Waals surface area contributed by atoms with E-state index in [4.69, 9.17) is 4.98 Å². The normalized spacial score (nSPS) is 11.6. The van der Waals surface area contributed by atoms with Crippen molar-refractivity contribution in [3.8, 4) is 33.2 Å². The van der Waals surface area contributed by atoms with Crippen LogP contribution in [0.3, 0.4) is 0 Å². The van der Waals surface area contributed by atoms with Crippen molar-refractivity contribution in [1.29, 1.82) is 0 Å². The fourth-order valence-electron chi connectivity index (χ4n) is 3.99. The van der Waals surface area contributed by atoms with Crippen molar-refractivity contribution in [3.05, 3.63) is 71.2 Å². The lowest BCUT2D eigenvalue weighted by molar-refractivity contribution is 0.643. The SMILES string of the molecule is Cc1ccc(-c2nccc3[nH]c(-c4n[nH]c5ccc(-c6cnccc6C)c(F)c45)nc23)s1. The van der Waals surface area contributed by atoms with E-state index in [0.29, 0.717) is 28.0 Å². The van der Waals surface area contributed by atoms with Gasteiger partial charge >= 0.3 is 0 Å². The first kappa shape index (κ1) is 18.8. The van der Waals surface area contributed by atoms with Gasteiger partial charge in [-0.3, -0.25) is 15.1 Å². The van der Waals surface area contributed by atoms with Crippen LogP contribution in [0.5, 0.6) is 0 Å². The van der Waals surface area contributed by atoms with Gasteiger partial charge in [0.05, 0.1) is 21.3 Å². The maximum absolute atomic E-state index is 15.8. The predicted molar refractivity (Wildman–Crippen MR) is 125 cm³/mol. The monoisotopic (exact) mass is 440 g/mol. The molecule has 6 nitrogen and oxygen atoms in total. The zero-order valence-electron chi connectivity index (χ0n) is 17.3. The van der Waals surface area contributed by atoms with Crippen LogP contribution in [0.1, 0.15) is 10.4 Å². The summed E-state index contributed by atoms with van der Waals surface area (Å²) in [4.78, 5) is 19.0. The molecule has 0 aliphatic heterocycles. The molecule has 5 aromatic heterocycles. The van der Waals surface area contributed by atoms with Crippen LogP contribution in [-0.4, -0.2) is 30.1 Å². The molecule has 0 unspecified atom stereocenters. The van der Waals surface area contributed by atoms with E-state index in [9.17, 15) is 0 Å². The van der Waals surface area contributed by atoms with Crippen molar-refractivity contribution < 1.29 is 4.39 Å². The molecule has 0 bridgehead atoms. The summed E-state index contributed by atoms with van der Waals surface area (Å²) in [6.45, 7) is 4.00. The fraction of sp³-hybridized carbons (Fsp3) is 0.0833. The minimum absolute atomic E-state index is 0.352. The summed E-state index contributed by atoms with van der Waals surface area (Å²) in [6.07, 6.45) is 5.14. The van der Waals surface area contributed by atoms with Gasteiger partial charge < -0.3 is 4.98 Å². The molecule has 5 heterocycles. The Morgan fingerprint density at radius 3 is 2.62 bits per heavy atom. The number of imidazole rings is 1. The molecule has 6 aromatic rings. The topological polar surface area (TPSA) is 83.1 Å². The molecule has 6 rings (SSSR count). The lowest BCUT2D eigenvalue weighted by Gasteiger charge is -2.07. The average molecular weight is 441 g/mol. The number of halogens is 1. The second-order valence-corrected chi connectivity index (χ2v) is 8.95. The molecule has 156 valence electrons. The third-order valence-electron chi connectivity index (χ3n) is 5.60. The summed E-state index contributed by atoms with van der Waals surface area (Å²) in [6, 6.07) is 11.4. The van der Waals surface area contributed by atoms with Gasteiger partial charge in [0.25, 0.3) is 0 Å². The highest BCUT2D eigenvalue weighted by Gasteiger charge is 2.21. The number of thiophene rings is 1. The number of aryl methyl sites for hydroxylation is 2. The van der Waals surface area contributed by atoms with Crippen LogP contribution in [0.4, 0.5) is 4.39 Å². The van der Waals surface area contributed by atoms with E-state index in [-0.39, 0.29) is 5.82 Å². The number of aromatic nitrogens is 6. The third-order valence-corrected chi connectivity index (χ3v) is 6.60. The lowest BCUT2D eigenvalue weighted by Crippen LogP contribution is -1.91. The molecule has 8 heteroatoms. The maximum atomic E-state index is 15.8. The van der Waals surface area contributed by atoms with E-state index in [2.05, 4.69) is 38.1 Å².